The highest BCUT2D eigenvalue weighted by Gasteiger charge is 1.81. The fourth-order valence-corrected chi connectivity index (χ4v) is 0.927. The van der Waals surface area contributed by atoms with E-state index in [9.17, 15) is 0 Å². The lowest BCUT2D eigenvalue weighted by Gasteiger charge is -1.92. The molecule has 0 saturated carbocycles. The van der Waals surface area contributed by atoms with E-state index in [1.54, 1.807) is 6.26 Å². The van der Waals surface area contributed by atoms with Crippen LogP contribution in [0.4, 0.5) is 0 Å². The van der Waals surface area contributed by atoms with E-state index in [2.05, 4.69) is 5.67 Å². The van der Waals surface area contributed by atoms with E-state index in [4.69, 9.17) is 4.65 Å². The molecule has 1 aliphatic rings. The van der Waals surface area contributed by atoms with Crippen molar-refractivity contribution in [3.05, 3.63) is 12.3 Å². The number of rotatable bonds is 0. The molecule has 30 valence electrons. The van der Waals surface area contributed by atoms with Gasteiger partial charge in [-0.3, -0.25) is 0 Å². The van der Waals surface area contributed by atoms with Crippen LogP contribution < -0.4 is 0 Å². The molecule has 0 N–H and O–H groups in total. The highest BCUT2D eigenvalue weighted by Crippen LogP contribution is 1.72. The summed E-state index contributed by atoms with van der Waals surface area (Å²) in [5, 5.41) is 0. The normalized spacial score (nSPS) is 16.0. The number of hydrogen-bond acceptors (Lipinski definition) is 1. The van der Waals surface area contributed by atoms with Gasteiger partial charge < -0.3 is 4.65 Å². The second-order valence-electron chi connectivity index (χ2n) is 1.09. The van der Waals surface area contributed by atoms with E-state index >= 15 is 0 Å². The van der Waals surface area contributed by atoms with Crippen LogP contribution in [0.15, 0.2) is 12.3 Å². The van der Waals surface area contributed by atoms with Gasteiger partial charge in [0.15, 0.2) is 0 Å². The summed E-state index contributed by atoms with van der Waals surface area (Å²) < 4.78 is 4.89. The number of allylic oxidation sites excluding steroid dienone is 1. The third kappa shape index (κ3) is 0.826. The van der Waals surface area contributed by atoms with E-state index in [0.717, 1.165) is 7.07 Å². The minimum absolute atomic E-state index is 0.471. The van der Waals surface area contributed by atoms with Gasteiger partial charge >= 0.3 is 7.07 Å². The molecule has 0 bridgehead atoms. The van der Waals surface area contributed by atoms with E-state index in [1.807, 2.05) is 6.08 Å². The minimum atomic E-state index is 0.471. The van der Waals surface area contributed by atoms with Crippen molar-refractivity contribution in [2.75, 3.05) is 0 Å². The van der Waals surface area contributed by atoms with Crippen LogP contribution in [-0.4, -0.2) is 21.7 Å². The van der Waals surface area contributed by atoms with Gasteiger partial charge in [0.05, 0.1) is 6.26 Å². The summed E-state index contributed by atoms with van der Waals surface area (Å²) in [6.07, 6.45) is 3.69. The lowest BCUT2D eigenvalue weighted by atomic mass is 10.5. The summed E-state index contributed by atoms with van der Waals surface area (Å²) in [5.74, 6) is 0. The van der Waals surface area contributed by atoms with E-state index in [0.29, 0.717) is 9.00 Å². The molecule has 0 saturated heterocycles. The molecule has 0 unspecified atom stereocenters. The average Bonchev–Trinajstić information content (AvgIpc) is 1.72. The van der Waals surface area contributed by atoms with Crippen LogP contribution in [0.25, 0.3) is 0 Å². The molecule has 0 fully saturated rings. The molecule has 1 rings (SSSR count). The molecule has 0 aromatic carbocycles. The first-order valence-electron chi connectivity index (χ1n) is 1.93. The highest BCUT2D eigenvalue weighted by molar-refractivity contribution is 7.00. The molecule has 0 atom stereocenters. The van der Waals surface area contributed by atoms with Crippen LogP contribution in [0.1, 0.15) is 0 Å². The van der Waals surface area contributed by atoms with Crippen molar-refractivity contribution >= 4 is 21.7 Å². The van der Waals surface area contributed by atoms with Crippen molar-refractivity contribution in [2.45, 2.75) is 0 Å². The van der Waals surface area contributed by atoms with Crippen molar-refractivity contribution in [2.24, 2.45) is 0 Å². The molecule has 0 aromatic rings. The van der Waals surface area contributed by atoms with Crippen molar-refractivity contribution in [1.82, 2.24) is 0 Å². The lowest BCUT2D eigenvalue weighted by Crippen LogP contribution is -2.02. The van der Waals surface area contributed by atoms with Gasteiger partial charge in [-0.2, -0.15) is 0 Å². The standard InChI is InChI=1S/C3H5BOSi/c1-2-5-4-6-3-1/h1-4,6H. The summed E-state index contributed by atoms with van der Waals surface area (Å²) in [6.45, 7) is 0. The van der Waals surface area contributed by atoms with Gasteiger partial charge in [-0.15, -0.1) is 0 Å². The van der Waals surface area contributed by atoms with E-state index < -0.39 is 0 Å². The zero-order chi connectivity index (χ0) is 4.24. The smallest absolute Gasteiger partial charge is 0.338 e. The highest BCUT2D eigenvalue weighted by atomic mass is 28.2. The van der Waals surface area contributed by atoms with Gasteiger partial charge in [0.25, 0.3) is 0 Å². The van der Waals surface area contributed by atoms with E-state index in [-0.39, 0.29) is 0 Å². The molecule has 0 aromatic heterocycles. The van der Waals surface area contributed by atoms with Crippen molar-refractivity contribution < 1.29 is 4.65 Å². The molecule has 0 spiro atoms. The lowest BCUT2D eigenvalue weighted by molar-refractivity contribution is 0.529. The molecular weight excluding hydrogens is 90.9 g/mol. The molecular formula is C3H5BOSi. The second-order valence-corrected chi connectivity index (χ2v) is 2.28. The Kier molecular flexibility index (Phi) is 1.27. The average molecular weight is 96.0 g/mol. The quantitative estimate of drug-likeness (QED) is 0.353. The molecule has 1 aliphatic heterocycles. The minimum Gasteiger partial charge on any atom is -0.570 e. The fraction of sp³-hybridized carbons (Fsp3) is 0. The second kappa shape index (κ2) is 1.97. The first-order chi connectivity index (χ1) is 3.00. The van der Waals surface area contributed by atoms with Gasteiger partial charge in [-0.1, -0.05) is 5.67 Å². The summed E-state index contributed by atoms with van der Waals surface area (Å²) in [4.78, 5) is 0. The Bertz CT molecular complexity index is 76.8. The maximum absolute atomic E-state index is 4.89. The van der Waals surface area contributed by atoms with Crippen LogP contribution in [0, 0.1) is 0 Å². The fourth-order valence-electron chi connectivity index (χ4n) is 0.346. The molecule has 0 radical (unpaired) electrons. The predicted octanol–water partition coefficient (Wildman–Crippen LogP) is -0.965. The Hall–Kier alpha value is -0.308. The molecule has 0 amide bonds. The third-order valence-electron chi connectivity index (χ3n) is 0.614. The summed E-state index contributed by atoms with van der Waals surface area (Å²) in [6, 6.07) is 0. The zero-order valence-electron chi connectivity index (χ0n) is 3.42. The maximum Gasteiger partial charge on any atom is 0.338 e. The van der Waals surface area contributed by atoms with Gasteiger partial charge in [0, 0.05) is 9.00 Å². The number of hydrogen-bond donors (Lipinski definition) is 0. The van der Waals surface area contributed by atoms with Gasteiger partial charge in [-0.05, 0) is 6.08 Å². The topological polar surface area (TPSA) is 9.23 Å². The van der Waals surface area contributed by atoms with Crippen LogP contribution in [0.3, 0.4) is 0 Å². The van der Waals surface area contributed by atoms with Gasteiger partial charge in [-0.25, -0.2) is 0 Å². The Balaban J connectivity index is 2.46. The summed E-state index contributed by atoms with van der Waals surface area (Å²) in [5.41, 5.74) is 2.17. The van der Waals surface area contributed by atoms with Crippen LogP contribution in [0.5, 0.6) is 0 Å². The first-order valence-corrected chi connectivity index (χ1v) is 3.42. The zero-order valence-corrected chi connectivity index (χ0v) is 4.58. The Morgan fingerprint density at radius 1 is 1.67 bits per heavy atom. The maximum atomic E-state index is 4.89. The molecule has 3 heteroatoms. The molecule has 6 heavy (non-hydrogen) atoms. The molecule has 0 aliphatic carbocycles. The largest absolute Gasteiger partial charge is 0.570 e. The van der Waals surface area contributed by atoms with Crippen LogP contribution >= 0.6 is 0 Å². The molecule has 1 nitrogen and oxygen atoms in total. The van der Waals surface area contributed by atoms with Crippen molar-refractivity contribution in [3.63, 3.8) is 0 Å². The predicted molar refractivity (Wildman–Crippen MR) is 30.6 cm³/mol. The SMILES string of the molecule is B1OC=CC=[SiH]1. The molecule has 1 heterocycles. The summed E-state index contributed by atoms with van der Waals surface area (Å²) >= 11 is 0. The monoisotopic (exact) mass is 96.0 g/mol. The summed E-state index contributed by atoms with van der Waals surface area (Å²) in [7, 11) is 1.41. The van der Waals surface area contributed by atoms with Gasteiger partial charge in [0.2, 0.25) is 0 Å². The Morgan fingerprint density at radius 2 is 2.67 bits per heavy atom. The van der Waals surface area contributed by atoms with E-state index in [1.165, 1.54) is 0 Å². The van der Waals surface area contributed by atoms with Crippen LogP contribution in [-0.2, 0) is 4.65 Å². The van der Waals surface area contributed by atoms with Gasteiger partial charge in [0.1, 0.15) is 0 Å². The van der Waals surface area contributed by atoms with Crippen molar-refractivity contribution in [3.8, 4) is 0 Å². The van der Waals surface area contributed by atoms with Crippen molar-refractivity contribution in [1.29, 1.82) is 0 Å². The third-order valence-corrected chi connectivity index (χ3v) is 1.49. The first kappa shape index (κ1) is 3.87. The Morgan fingerprint density at radius 3 is 2.83 bits per heavy atom. The Labute approximate surface area is 39.7 Å². The van der Waals surface area contributed by atoms with Crippen LogP contribution in [0.2, 0.25) is 0 Å².